The Bertz CT molecular complexity index is 664. The monoisotopic (exact) mass is 261 g/mol. The first-order chi connectivity index (χ1) is 9.22. The molecule has 5 nitrogen and oxygen atoms in total. The van der Waals surface area contributed by atoms with Crippen molar-refractivity contribution < 1.29 is 14.0 Å². The van der Waals surface area contributed by atoms with Crippen LogP contribution in [0.1, 0.15) is 25.5 Å². The smallest absolute Gasteiger partial charge is 0.344 e. The molecular weight excluding hydrogens is 246 g/mol. The predicted molar refractivity (Wildman–Crippen MR) is 69.9 cm³/mol. The maximum Gasteiger partial charge on any atom is 0.344 e. The third-order valence-electron chi connectivity index (χ3n) is 3.28. The molecule has 1 unspecified atom stereocenters. The van der Waals surface area contributed by atoms with E-state index < -0.39 is 0 Å². The number of hydrogen-bond donors (Lipinski definition) is 0. The number of hydrogen-bond acceptors (Lipinski definition) is 5. The minimum Gasteiger partial charge on any atom is -0.475 e. The fraction of sp³-hybridized carbons (Fsp3) is 0.357. The van der Waals surface area contributed by atoms with E-state index in [0.717, 1.165) is 5.39 Å². The molecule has 100 valence electrons. The summed E-state index contributed by atoms with van der Waals surface area (Å²) in [6, 6.07) is 7.19. The zero-order chi connectivity index (χ0) is 13.4. The Kier molecular flexibility index (Phi) is 3.00. The Morgan fingerprint density at radius 3 is 3.00 bits per heavy atom. The number of ether oxygens (including phenoxy) is 1. The van der Waals surface area contributed by atoms with Gasteiger partial charge >= 0.3 is 5.63 Å². The maximum absolute atomic E-state index is 12.1. The van der Waals surface area contributed by atoms with Gasteiger partial charge in [-0.2, -0.15) is 0 Å². The van der Waals surface area contributed by atoms with E-state index in [9.17, 15) is 4.79 Å². The van der Waals surface area contributed by atoms with Crippen molar-refractivity contribution >= 4 is 11.0 Å². The molecule has 1 aromatic carbocycles. The summed E-state index contributed by atoms with van der Waals surface area (Å²) in [5.74, 6) is 0.607. The number of fused-ring (bicyclic) bond motifs is 3. The van der Waals surface area contributed by atoms with Crippen LogP contribution in [0.5, 0.6) is 5.75 Å². The molecule has 0 N–H and O–H groups in total. The van der Waals surface area contributed by atoms with Crippen LogP contribution in [-0.4, -0.2) is 18.4 Å². The molecule has 2 aromatic rings. The molecule has 0 aliphatic carbocycles. The van der Waals surface area contributed by atoms with E-state index in [1.807, 2.05) is 32.0 Å². The van der Waals surface area contributed by atoms with E-state index in [-0.39, 0.29) is 11.7 Å². The lowest BCUT2D eigenvalue weighted by Crippen LogP contribution is -2.38. The van der Waals surface area contributed by atoms with E-state index in [1.54, 1.807) is 11.1 Å². The Morgan fingerprint density at radius 2 is 2.21 bits per heavy atom. The molecule has 0 bridgehead atoms. The molecule has 0 spiro atoms. The standard InChI is InChI=1S/C14H15NO4/c1-3-18-15-8-17-13-10-6-4-5-7-11(10)19-14(16)12(13)9(15)2/h4-7,9H,3,8H2,1-2H3. The Morgan fingerprint density at radius 1 is 1.42 bits per heavy atom. The molecule has 0 saturated heterocycles. The lowest BCUT2D eigenvalue weighted by atomic mass is 10.1. The maximum atomic E-state index is 12.1. The second kappa shape index (κ2) is 4.68. The molecule has 19 heavy (non-hydrogen) atoms. The zero-order valence-electron chi connectivity index (χ0n) is 10.9. The van der Waals surface area contributed by atoms with Gasteiger partial charge in [-0.15, -0.1) is 5.06 Å². The van der Waals surface area contributed by atoms with Gasteiger partial charge in [-0.25, -0.2) is 4.79 Å². The van der Waals surface area contributed by atoms with Crippen molar-refractivity contribution in [1.82, 2.24) is 5.06 Å². The Hall–Kier alpha value is -1.85. The lowest BCUT2D eigenvalue weighted by molar-refractivity contribution is -0.219. The van der Waals surface area contributed by atoms with Crippen LogP contribution < -0.4 is 10.4 Å². The topological polar surface area (TPSA) is 51.9 Å². The van der Waals surface area contributed by atoms with Gasteiger partial charge in [0.1, 0.15) is 11.3 Å². The van der Waals surface area contributed by atoms with Crippen molar-refractivity contribution in [1.29, 1.82) is 0 Å². The quantitative estimate of drug-likeness (QED) is 0.777. The fourth-order valence-corrected chi connectivity index (χ4v) is 2.35. The molecule has 1 atom stereocenters. The molecule has 0 saturated carbocycles. The van der Waals surface area contributed by atoms with Gasteiger partial charge < -0.3 is 9.15 Å². The van der Waals surface area contributed by atoms with E-state index in [1.165, 1.54) is 0 Å². The number of benzene rings is 1. The first-order valence-corrected chi connectivity index (χ1v) is 6.30. The number of para-hydroxylation sites is 1. The van der Waals surface area contributed by atoms with Gasteiger partial charge in [0.2, 0.25) is 0 Å². The van der Waals surface area contributed by atoms with Crippen LogP contribution in [0.15, 0.2) is 33.5 Å². The number of rotatable bonds is 2. The van der Waals surface area contributed by atoms with Crippen LogP contribution in [0, 0.1) is 0 Å². The van der Waals surface area contributed by atoms with Crippen LogP contribution >= 0.6 is 0 Å². The van der Waals surface area contributed by atoms with Gasteiger partial charge in [0.15, 0.2) is 6.73 Å². The highest BCUT2D eigenvalue weighted by Crippen LogP contribution is 2.36. The number of hydroxylamine groups is 2. The molecule has 1 aromatic heterocycles. The average molecular weight is 261 g/mol. The molecule has 2 heterocycles. The van der Waals surface area contributed by atoms with Crippen molar-refractivity contribution in [3.63, 3.8) is 0 Å². The van der Waals surface area contributed by atoms with E-state index in [0.29, 0.717) is 30.2 Å². The molecule has 5 heteroatoms. The van der Waals surface area contributed by atoms with Gasteiger partial charge in [-0.1, -0.05) is 12.1 Å². The van der Waals surface area contributed by atoms with Crippen molar-refractivity contribution in [3.8, 4) is 5.75 Å². The van der Waals surface area contributed by atoms with E-state index in [2.05, 4.69) is 0 Å². The second-order valence-corrected chi connectivity index (χ2v) is 4.41. The third kappa shape index (κ3) is 1.91. The minimum atomic E-state index is -0.370. The molecule has 3 rings (SSSR count). The highest BCUT2D eigenvalue weighted by Gasteiger charge is 2.31. The van der Waals surface area contributed by atoms with Crippen molar-refractivity contribution in [3.05, 3.63) is 40.2 Å². The minimum absolute atomic E-state index is 0.190. The van der Waals surface area contributed by atoms with E-state index >= 15 is 0 Å². The average Bonchev–Trinajstić information content (AvgIpc) is 2.41. The SMILES string of the molecule is CCON1COc2c(c(=O)oc3ccccc23)C1C. The normalized spacial score (nSPS) is 19.2. The largest absolute Gasteiger partial charge is 0.475 e. The summed E-state index contributed by atoms with van der Waals surface area (Å²) in [6.45, 7) is 4.63. The first-order valence-electron chi connectivity index (χ1n) is 6.30. The summed E-state index contributed by atoms with van der Waals surface area (Å²) in [7, 11) is 0. The summed E-state index contributed by atoms with van der Waals surface area (Å²) in [4.78, 5) is 17.6. The first kappa shape index (κ1) is 12.2. The lowest BCUT2D eigenvalue weighted by Gasteiger charge is -2.32. The van der Waals surface area contributed by atoms with Crippen molar-refractivity contribution in [2.24, 2.45) is 0 Å². The molecule has 0 fully saturated rings. The molecule has 0 amide bonds. The zero-order valence-corrected chi connectivity index (χ0v) is 10.9. The van der Waals surface area contributed by atoms with Gasteiger partial charge in [0.05, 0.1) is 23.6 Å². The van der Waals surface area contributed by atoms with Crippen molar-refractivity contribution in [2.45, 2.75) is 19.9 Å². The van der Waals surface area contributed by atoms with Crippen LogP contribution in [0.4, 0.5) is 0 Å². The second-order valence-electron chi connectivity index (χ2n) is 4.41. The number of nitrogens with zero attached hydrogens (tertiary/aromatic N) is 1. The van der Waals surface area contributed by atoms with Crippen molar-refractivity contribution in [2.75, 3.05) is 13.3 Å². The summed E-state index contributed by atoms with van der Waals surface area (Å²) < 4.78 is 11.0. The summed E-state index contributed by atoms with van der Waals surface area (Å²) in [6.07, 6.45) is 0. The Labute approximate surface area is 110 Å². The van der Waals surface area contributed by atoms with Gasteiger partial charge in [-0.05, 0) is 26.0 Å². The third-order valence-corrected chi connectivity index (χ3v) is 3.28. The highest BCUT2D eigenvalue weighted by molar-refractivity contribution is 5.84. The van der Waals surface area contributed by atoms with Crippen LogP contribution in [0.2, 0.25) is 0 Å². The Balaban J connectivity index is 2.19. The summed E-state index contributed by atoms with van der Waals surface area (Å²) >= 11 is 0. The molecule has 0 radical (unpaired) electrons. The molecular formula is C14H15NO4. The van der Waals surface area contributed by atoms with Crippen LogP contribution in [0.25, 0.3) is 11.0 Å². The fourth-order valence-electron chi connectivity index (χ4n) is 2.35. The predicted octanol–water partition coefficient (Wildman–Crippen LogP) is 2.46. The highest BCUT2D eigenvalue weighted by atomic mass is 16.7. The van der Waals surface area contributed by atoms with Crippen LogP contribution in [-0.2, 0) is 4.84 Å². The van der Waals surface area contributed by atoms with Crippen LogP contribution in [0.3, 0.4) is 0 Å². The van der Waals surface area contributed by atoms with Gasteiger partial charge in [0, 0.05) is 0 Å². The van der Waals surface area contributed by atoms with Gasteiger partial charge in [0.25, 0.3) is 0 Å². The summed E-state index contributed by atoms with van der Waals surface area (Å²) in [5.41, 5.74) is 0.687. The van der Waals surface area contributed by atoms with E-state index in [4.69, 9.17) is 14.0 Å². The summed E-state index contributed by atoms with van der Waals surface area (Å²) in [5, 5.41) is 2.47. The molecule has 1 aliphatic heterocycles. The van der Waals surface area contributed by atoms with Gasteiger partial charge in [-0.3, -0.25) is 4.84 Å². The molecule has 1 aliphatic rings.